The van der Waals surface area contributed by atoms with Gasteiger partial charge >= 0.3 is 0 Å². The van der Waals surface area contributed by atoms with Crippen molar-refractivity contribution >= 4 is 17.4 Å². The third kappa shape index (κ3) is 4.58. The molecule has 0 fully saturated rings. The van der Waals surface area contributed by atoms with Crippen LogP contribution in [-0.2, 0) is 11.2 Å². The van der Waals surface area contributed by atoms with Gasteiger partial charge in [0.1, 0.15) is 5.75 Å². The number of anilines is 1. The Balaban J connectivity index is 1.61. The van der Waals surface area contributed by atoms with Gasteiger partial charge in [0.2, 0.25) is 11.8 Å². The first-order valence-electron chi connectivity index (χ1n) is 8.43. The van der Waals surface area contributed by atoms with E-state index >= 15 is 0 Å². The number of hydrogen-bond acceptors (Lipinski definition) is 6. The van der Waals surface area contributed by atoms with E-state index < -0.39 is 0 Å². The van der Waals surface area contributed by atoms with Crippen molar-refractivity contribution in [2.45, 2.75) is 19.8 Å². The zero-order valence-electron chi connectivity index (χ0n) is 15.1. The maximum Gasteiger partial charge on any atom is 0.251 e. The number of carbonyl (C=O) groups excluding carboxylic acids is 2. The lowest BCUT2D eigenvalue weighted by Gasteiger charge is -2.05. The van der Waals surface area contributed by atoms with E-state index in [2.05, 4.69) is 15.5 Å². The number of nitrogens with zero attached hydrogens (tertiary/aromatic N) is 2. The third-order valence-electron chi connectivity index (χ3n) is 3.92. The van der Waals surface area contributed by atoms with E-state index in [1.165, 1.54) is 6.92 Å². The minimum Gasteiger partial charge on any atom is -0.496 e. The minimum absolute atomic E-state index is 0.0548. The lowest BCUT2D eigenvalue weighted by Crippen LogP contribution is -2.12. The second kappa shape index (κ2) is 8.27. The molecule has 0 radical (unpaired) electrons. The molecule has 3 aromatic rings. The largest absolute Gasteiger partial charge is 0.496 e. The van der Waals surface area contributed by atoms with Gasteiger partial charge in [-0.25, -0.2) is 0 Å². The monoisotopic (exact) mass is 365 g/mol. The Labute approximate surface area is 156 Å². The van der Waals surface area contributed by atoms with E-state index in [1.807, 2.05) is 24.3 Å². The second-order valence-electron chi connectivity index (χ2n) is 5.89. The predicted molar refractivity (Wildman–Crippen MR) is 99.7 cm³/mol. The van der Waals surface area contributed by atoms with Crippen molar-refractivity contribution in [2.24, 2.45) is 0 Å². The molecule has 3 rings (SSSR count). The first-order valence-corrected chi connectivity index (χ1v) is 8.43. The predicted octanol–water partition coefficient (Wildman–Crippen LogP) is 3.52. The number of hydrogen-bond donors (Lipinski definition) is 1. The highest BCUT2D eigenvalue weighted by molar-refractivity contribution is 5.97. The molecule has 0 aliphatic carbocycles. The van der Waals surface area contributed by atoms with Crippen LogP contribution in [-0.4, -0.2) is 29.0 Å². The fourth-order valence-electron chi connectivity index (χ4n) is 2.54. The highest BCUT2D eigenvalue weighted by Gasteiger charge is 2.14. The van der Waals surface area contributed by atoms with Crippen molar-refractivity contribution in [1.82, 2.24) is 10.2 Å². The second-order valence-corrected chi connectivity index (χ2v) is 5.89. The number of ether oxygens (including phenoxy) is 1. The van der Waals surface area contributed by atoms with E-state index in [1.54, 1.807) is 31.4 Å². The Hall–Kier alpha value is -3.48. The Morgan fingerprint density at radius 1 is 1.11 bits per heavy atom. The van der Waals surface area contributed by atoms with E-state index in [9.17, 15) is 9.59 Å². The van der Waals surface area contributed by atoms with Gasteiger partial charge in [-0.3, -0.25) is 9.59 Å². The van der Waals surface area contributed by atoms with E-state index in [0.717, 1.165) is 0 Å². The number of methoxy groups -OCH3 is 1. The van der Waals surface area contributed by atoms with Crippen molar-refractivity contribution in [3.8, 4) is 17.2 Å². The number of ketones is 1. The summed E-state index contributed by atoms with van der Waals surface area (Å²) in [7, 11) is 1.57. The number of benzene rings is 2. The van der Waals surface area contributed by atoms with Gasteiger partial charge in [0.25, 0.3) is 5.89 Å². The molecule has 0 aliphatic rings. The maximum absolute atomic E-state index is 12.1. The molecule has 0 aliphatic heterocycles. The zero-order chi connectivity index (χ0) is 19.2. The molecule has 0 bridgehead atoms. The Bertz CT molecular complexity index is 965. The molecule has 2 aromatic carbocycles. The number of amides is 1. The Morgan fingerprint density at radius 3 is 2.70 bits per heavy atom. The molecule has 1 amide bonds. The molecule has 27 heavy (non-hydrogen) atoms. The average molecular weight is 365 g/mol. The van der Waals surface area contributed by atoms with Crippen LogP contribution in [0, 0.1) is 0 Å². The van der Waals surface area contributed by atoms with Gasteiger partial charge < -0.3 is 14.5 Å². The topological polar surface area (TPSA) is 94.3 Å². The smallest absolute Gasteiger partial charge is 0.251 e. The third-order valence-corrected chi connectivity index (χ3v) is 3.92. The van der Waals surface area contributed by atoms with E-state index in [4.69, 9.17) is 9.15 Å². The normalized spacial score (nSPS) is 10.4. The van der Waals surface area contributed by atoms with Gasteiger partial charge in [0.05, 0.1) is 12.7 Å². The van der Waals surface area contributed by atoms with Crippen LogP contribution in [0.4, 0.5) is 5.69 Å². The van der Waals surface area contributed by atoms with Crippen LogP contribution in [0.15, 0.2) is 52.9 Å². The Kier molecular flexibility index (Phi) is 5.61. The summed E-state index contributed by atoms with van der Waals surface area (Å²) in [5, 5.41) is 10.8. The average Bonchev–Trinajstić information content (AvgIpc) is 3.15. The summed E-state index contributed by atoms with van der Waals surface area (Å²) >= 11 is 0. The molecule has 7 nitrogen and oxygen atoms in total. The van der Waals surface area contributed by atoms with Crippen molar-refractivity contribution in [3.63, 3.8) is 0 Å². The highest BCUT2D eigenvalue weighted by Crippen LogP contribution is 2.28. The van der Waals surface area contributed by atoms with Crippen molar-refractivity contribution in [1.29, 1.82) is 0 Å². The summed E-state index contributed by atoms with van der Waals surface area (Å²) in [6.45, 7) is 1.48. The molecule has 0 saturated heterocycles. The number of aryl methyl sites for hydroxylation is 1. The highest BCUT2D eigenvalue weighted by atomic mass is 16.5. The Morgan fingerprint density at radius 2 is 1.93 bits per heavy atom. The van der Waals surface area contributed by atoms with Crippen LogP contribution in [0.1, 0.15) is 29.6 Å². The van der Waals surface area contributed by atoms with Crippen molar-refractivity contribution in [2.75, 3.05) is 12.4 Å². The summed E-state index contributed by atoms with van der Waals surface area (Å²) in [5.41, 5.74) is 1.82. The number of nitrogens with one attached hydrogen (secondary N) is 1. The van der Waals surface area contributed by atoms with Gasteiger partial charge in [0.15, 0.2) is 5.78 Å². The summed E-state index contributed by atoms with van der Waals surface area (Å²) in [6.07, 6.45) is 0.484. The molecule has 1 N–H and O–H groups in total. The zero-order valence-corrected chi connectivity index (χ0v) is 15.1. The quantitative estimate of drug-likeness (QED) is 0.644. The molecular weight excluding hydrogens is 346 g/mol. The summed E-state index contributed by atoms with van der Waals surface area (Å²) in [4.78, 5) is 23.5. The molecule has 0 spiro atoms. The van der Waals surface area contributed by atoms with Crippen molar-refractivity contribution in [3.05, 3.63) is 60.0 Å². The van der Waals surface area contributed by atoms with Gasteiger partial charge in [-0.05, 0) is 31.2 Å². The molecule has 1 aromatic heterocycles. The molecule has 7 heteroatoms. The van der Waals surface area contributed by atoms with Gasteiger partial charge in [-0.15, -0.1) is 10.2 Å². The molecule has 1 heterocycles. The SMILES string of the molecule is COc1ccccc1-c1nnc(CCC(=O)Nc2cccc(C(C)=O)c2)o1. The number of aromatic nitrogens is 2. The van der Waals surface area contributed by atoms with Crippen LogP contribution in [0.5, 0.6) is 5.75 Å². The van der Waals surface area contributed by atoms with Gasteiger partial charge in [0, 0.05) is 24.1 Å². The van der Waals surface area contributed by atoms with Crippen LogP contribution in [0.2, 0.25) is 0 Å². The lowest BCUT2D eigenvalue weighted by molar-refractivity contribution is -0.116. The summed E-state index contributed by atoms with van der Waals surface area (Å²) < 4.78 is 10.9. The number of Topliss-reactive ketones (excluding diaryl/α,β-unsaturated/α-hetero) is 1. The fraction of sp³-hybridized carbons (Fsp3) is 0.200. The maximum atomic E-state index is 12.1. The lowest BCUT2D eigenvalue weighted by atomic mass is 10.1. The minimum atomic E-state index is -0.201. The van der Waals surface area contributed by atoms with Crippen LogP contribution in [0.3, 0.4) is 0 Å². The molecule has 0 atom stereocenters. The number of para-hydroxylation sites is 1. The van der Waals surface area contributed by atoms with Gasteiger partial charge in [-0.2, -0.15) is 0 Å². The van der Waals surface area contributed by atoms with E-state index in [-0.39, 0.29) is 18.1 Å². The van der Waals surface area contributed by atoms with E-state index in [0.29, 0.717) is 40.8 Å². The van der Waals surface area contributed by atoms with Crippen molar-refractivity contribution < 1.29 is 18.7 Å². The number of carbonyl (C=O) groups is 2. The molecule has 138 valence electrons. The summed E-state index contributed by atoms with van der Waals surface area (Å²) in [6, 6.07) is 14.1. The van der Waals surface area contributed by atoms with Gasteiger partial charge in [-0.1, -0.05) is 24.3 Å². The molecular formula is C20H19N3O4. The molecule has 0 saturated carbocycles. The first kappa shape index (κ1) is 18.3. The fourth-order valence-corrected chi connectivity index (χ4v) is 2.54. The number of rotatable bonds is 7. The van der Waals surface area contributed by atoms with Crippen LogP contribution >= 0.6 is 0 Å². The summed E-state index contributed by atoms with van der Waals surface area (Å²) in [5.74, 6) is 1.09. The molecule has 0 unspecified atom stereocenters. The van der Waals surface area contributed by atoms with Crippen LogP contribution < -0.4 is 10.1 Å². The standard InChI is InChI=1S/C20H19N3O4/c1-13(24)14-6-5-7-15(12-14)21-18(25)10-11-19-22-23-20(27-19)16-8-3-4-9-17(16)26-2/h3-9,12H,10-11H2,1-2H3,(H,21,25). The first-order chi connectivity index (χ1) is 13.1. The van der Waals surface area contributed by atoms with Crippen LogP contribution in [0.25, 0.3) is 11.5 Å².